The van der Waals surface area contributed by atoms with E-state index in [2.05, 4.69) is 19.2 Å². The van der Waals surface area contributed by atoms with Gasteiger partial charge in [0.15, 0.2) is 0 Å². The quantitative estimate of drug-likeness (QED) is 0.819. The molecule has 4 heteroatoms. The number of nitrogens with one attached hydrogen (secondary N) is 1. The number of halogens is 2. The maximum atomic E-state index is 6.38. The van der Waals surface area contributed by atoms with E-state index in [1.54, 1.807) is 7.11 Å². The normalized spacial score (nSPS) is 11.0. The summed E-state index contributed by atoms with van der Waals surface area (Å²) in [7, 11) is 1.65. The topological polar surface area (TPSA) is 21.3 Å². The molecule has 112 valence electrons. The second-order valence-electron chi connectivity index (χ2n) is 5.19. The molecule has 0 atom stereocenters. The third-order valence-corrected chi connectivity index (χ3v) is 3.81. The molecule has 2 aromatic carbocycles. The number of hydrogen-bond donors (Lipinski definition) is 1. The lowest BCUT2D eigenvalue weighted by atomic mass is 10.0. The van der Waals surface area contributed by atoms with Crippen molar-refractivity contribution in [3.8, 4) is 16.9 Å². The third kappa shape index (κ3) is 4.13. The van der Waals surface area contributed by atoms with Gasteiger partial charge in [-0.25, -0.2) is 0 Å². The molecule has 1 N–H and O–H groups in total. The van der Waals surface area contributed by atoms with Gasteiger partial charge in [0, 0.05) is 28.2 Å². The van der Waals surface area contributed by atoms with Gasteiger partial charge in [0.1, 0.15) is 5.75 Å². The number of benzene rings is 2. The van der Waals surface area contributed by atoms with Crippen molar-refractivity contribution in [1.29, 1.82) is 0 Å². The number of methoxy groups -OCH3 is 1. The van der Waals surface area contributed by atoms with Crippen LogP contribution < -0.4 is 10.1 Å². The summed E-state index contributed by atoms with van der Waals surface area (Å²) in [5.74, 6) is 0.781. The molecular weight excluding hydrogens is 305 g/mol. The van der Waals surface area contributed by atoms with E-state index >= 15 is 0 Å². The average Bonchev–Trinajstić information content (AvgIpc) is 2.45. The van der Waals surface area contributed by atoms with Gasteiger partial charge in [-0.1, -0.05) is 49.2 Å². The minimum Gasteiger partial charge on any atom is -0.496 e. The van der Waals surface area contributed by atoms with Crippen LogP contribution in [0.2, 0.25) is 10.0 Å². The summed E-state index contributed by atoms with van der Waals surface area (Å²) in [6.45, 7) is 4.97. The highest BCUT2D eigenvalue weighted by Gasteiger charge is 2.09. The molecule has 0 aliphatic heterocycles. The second-order valence-corrected chi connectivity index (χ2v) is 6.03. The van der Waals surface area contributed by atoms with Gasteiger partial charge in [-0.3, -0.25) is 0 Å². The van der Waals surface area contributed by atoms with Crippen molar-refractivity contribution in [2.75, 3.05) is 7.11 Å². The van der Waals surface area contributed by atoms with Gasteiger partial charge in [-0.2, -0.15) is 0 Å². The van der Waals surface area contributed by atoms with Crippen LogP contribution in [0.3, 0.4) is 0 Å². The van der Waals surface area contributed by atoms with E-state index in [0.717, 1.165) is 34.0 Å². The van der Waals surface area contributed by atoms with E-state index < -0.39 is 0 Å². The first-order chi connectivity index (χ1) is 10.0. The molecule has 2 rings (SSSR count). The van der Waals surface area contributed by atoms with Gasteiger partial charge in [0.2, 0.25) is 0 Å². The van der Waals surface area contributed by atoms with Crippen molar-refractivity contribution in [2.24, 2.45) is 0 Å². The maximum absolute atomic E-state index is 6.38. The average molecular weight is 324 g/mol. The van der Waals surface area contributed by atoms with Crippen molar-refractivity contribution in [1.82, 2.24) is 5.32 Å². The Hall–Kier alpha value is -1.22. The zero-order valence-electron chi connectivity index (χ0n) is 12.4. The molecule has 0 fully saturated rings. The lowest BCUT2D eigenvalue weighted by Gasteiger charge is -2.13. The summed E-state index contributed by atoms with van der Waals surface area (Å²) >= 11 is 12.5. The van der Waals surface area contributed by atoms with Crippen LogP contribution >= 0.6 is 23.2 Å². The lowest BCUT2D eigenvalue weighted by molar-refractivity contribution is 0.416. The first-order valence-electron chi connectivity index (χ1n) is 6.87. The predicted octanol–water partition coefficient (Wildman–Crippen LogP) is 5.17. The van der Waals surface area contributed by atoms with E-state index in [1.807, 2.05) is 36.4 Å². The fraction of sp³-hybridized carbons (Fsp3) is 0.294. The van der Waals surface area contributed by atoms with Crippen molar-refractivity contribution in [3.05, 3.63) is 52.0 Å². The molecule has 0 unspecified atom stereocenters. The molecule has 21 heavy (non-hydrogen) atoms. The Bertz CT molecular complexity index is 626. The van der Waals surface area contributed by atoms with Crippen LogP contribution in [0.4, 0.5) is 0 Å². The Balaban J connectivity index is 2.34. The molecule has 0 heterocycles. The van der Waals surface area contributed by atoms with Crippen LogP contribution in [0.25, 0.3) is 11.1 Å². The van der Waals surface area contributed by atoms with Crippen LogP contribution in [0.5, 0.6) is 5.75 Å². The molecule has 0 spiro atoms. The molecule has 0 aliphatic carbocycles. The fourth-order valence-electron chi connectivity index (χ4n) is 2.08. The first kappa shape index (κ1) is 16.2. The monoisotopic (exact) mass is 323 g/mol. The summed E-state index contributed by atoms with van der Waals surface area (Å²) < 4.78 is 5.39. The molecule has 0 radical (unpaired) electrons. The van der Waals surface area contributed by atoms with Crippen molar-refractivity contribution < 1.29 is 4.74 Å². The minimum absolute atomic E-state index is 0.425. The molecular formula is C17H19Cl2NO. The largest absolute Gasteiger partial charge is 0.496 e. The van der Waals surface area contributed by atoms with Crippen molar-refractivity contribution in [3.63, 3.8) is 0 Å². The van der Waals surface area contributed by atoms with E-state index in [0.29, 0.717) is 11.1 Å². The Morgan fingerprint density at radius 2 is 1.86 bits per heavy atom. The van der Waals surface area contributed by atoms with E-state index in [9.17, 15) is 0 Å². The van der Waals surface area contributed by atoms with Gasteiger partial charge in [-0.15, -0.1) is 0 Å². The molecule has 0 amide bonds. The van der Waals surface area contributed by atoms with Gasteiger partial charge in [0.25, 0.3) is 0 Å². The van der Waals surface area contributed by atoms with Gasteiger partial charge < -0.3 is 10.1 Å². The summed E-state index contributed by atoms with van der Waals surface area (Å²) in [6, 6.07) is 12.0. The van der Waals surface area contributed by atoms with Crippen LogP contribution in [0, 0.1) is 0 Å². The van der Waals surface area contributed by atoms with E-state index in [1.165, 1.54) is 0 Å². The molecule has 0 bridgehead atoms. The Kier molecular flexibility index (Phi) is 5.51. The van der Waals surface area contributed by atoms with Crippen LogP contribution in [-0.2, 0) is 6.54 Å². The molecule has 0 aromatic heterocycles. The number of rotatable bonds is 5. The summed E-state index contributed by atoms with van der Waals surface area (Å²) in [5, 5.41) is 4.78. The van der Waals surface area contributed by atoms with Crippen LogP contribution in [0.1, 0.15) is 19.4 Å². The lowest BCUT2D eigenvalue weighted by Crippen LogP contribution is -2.21. The molecule has 0 aliphatic rings. The first-order valence-corrected chi connectivity index (χ1v) is 7.62. The smallest absolute Gasteiger partial charge is 0.126 e. The summed E-state index contributed by atoms with van der Waals surface area (Å²) in [6.07, 6.45) is 0. The summed E-state index contributed by atoms with van der Waals surface area (Å²) in [5.41, 5.74) is 3.01. The highest BCUT2D eigenvalue weighted by molar-refractivity contribution is 6.32. The Morgan fingerprint density at radius 1 is 1.10 bits per heavy atom. The SMILES string of the molecule is COc1ccc(Cl)cc1-c1ccc(CNC(C)C)c(Cl)c1. The number of ether oxygens (including phenoxy) is 1. The molecule has 2 nitrogen and oxygen atoms in total. The molecule has 2 aromatic rings. The predicted molar refractivity (Wildman–Crippen MR) is 90.4 cm³/mol. The fourth-order valence-corrected chi connectivity index (χ4v) is 2.50. The summed E-state index contributed by atoms with van der Waals surface area (Å²) in [4.78, 5) is 0. The zero-order valence-corrected chi connectivity index (χ0v) is 13.9. The third-order valence-electron chi connectivity index (χ3n) is 3.23. The van der Waals surface area contributed by atoms with Crippen LogP contribution in [0.15, 0.2) is 36.4 Å². The second kappa shape index (κ2) is 7.17. The maximum Gasteiger partial charge on any atom is 0.126 e. The van der Waals surface area contributed by atoms with E-state index in [-0.39, 0.29) is 0 Å². The zero-order chi connectivity index (χ0) is 15.4. The highest BCUT2D eigenvalue weighted by atomic mass is 35.5. The minimum atomic E-state index is 0.425. The van der Waals surface area contributed by atoms with Gasteiger partial charge >= 0.3 is 0 Å². The van der Waals surface area contributed by atoms with Crippen molar-refractivity contribution in [2.45, 2.75) is 26.4 Å². The van der Waals surface area contributed by atoms with Crippen molar-refractivity contribution >= 4 is 23.2 Å². The number of hydrogen-bond acceptors (Lipinski definition) is 2. The van der Waals surface area contributed by atoms with Gasteiger partial charge in [-0.05, 0) is 35.4 Å². The van der Waals surface area contributed by atoms with Crippen LogP contribution in [-0.4, -0.2) is 13.2 Å². The molecule has 0 saturated carbocycles. The highest BCUT2D eigenvalue weighted by Crippen LogP contribution is 2.34. The molecule has 0 saturated heterocycles. The Labute approximate surface area is 136 Å². The van der Waals surface area contributed by atoms with E-state index in [4.69, 9.17) is 27.9 Å². The Morgan fingerprint density at radius 3 is 2.48 bits per heavy atom. The van der Waals surface area contributed by atoms with Gasteiger partial charge in [0.05, 0.1) is 7.11 Å². The standard InChI is InChI=1S/C17H19Cl2NO/c1-11(2)20-10-13-5-4-12(8-16(13)19)15-9-14(18)6-7-17(15)21-3/h4-9,11,20H,10H2,1-3H3.